The Morgan fingerprint density at radius 1 is 0.909 bits per heavy atom. The van der Waals surface area contributed by atoms with Crippen LogP contribution < -0.4 is 0 Å². The molecule has 1 aliphatic heterocycles. The second kappa shape index (κ2) is 5.95. The van der Waals surface area contributed by atoms with Gasteiger partial charge in [-0.3, -0.25) is 4.18 Å². The van der Waals surface area contributed by atoms with Crippen molar-refractivity contribution in [2.45, 2.75) is 23.4 Å². The molecule has 0 aromatic rings. The molecule has 7 nitrogen and oxygen atoms in total. The fourth-order valence-corrected chi connectivity index (χ4v) is 2.15. The van der Waals surface area contributed by atoms with Crippen LogP contribution >= 0.6 is 0 Å². The maximum absolute atomic E-state index is 12.1. The molecule has 15 heteroatoms. The molecule has 0 N–H and O–H groups in total. The molecule has 1 rings (SSSR count). The van der Waals surface area contributed by atoms with E-state index in [0.29, 0.717) is 6.08 Å². The Morgan fingerprint density at radius 2 is 1.36 bits per heavy atom. The van der Waals surface area contributed by atoms with Gasteiger partial charge in [-0.25, -0.2) is 4.18 Å². The maximum atomic E-state index is 12.1. The van der Waals surface area contributed by atoms with Gasteiger partial charge in [0.1, 0.15) is 6.10 Å². The molecule has 1 aliphatic rings. The summed E-state index contributed by atoms with van der Waals surface area (Å²) in [6, 6.07) is 0. The van der Waals surface area contributed by atoms with Gasteiger partial charge in [-0.05, 0) is 0 Å². The van der Waals surface area contributed by atoms with Gasteiger partial charge in [0.2, 0.25) is 6.29 Å². The number of ether oxygens (including phenoxy) is 1. The largest absolute Gasteiger partial charge is 0.523 e. The van der Waals surface area contributed by atoms with Crippen molar-refractivity contribution >= 4 is 20.2 Å². The quantitative estimate of drug-likeness (QED) is 0.311. The Morgan fingerprint density at radius 3 is 1.82 bits per heavy atom. The van der Waals surface area contributed by atoms with Crippen LogP contribution in [0.5, 0.6) is 0 Å². The minimum Gasteiger partial charge on any atom is -0.344 e. The Bertz CT molecular complexity index is 631. The molecule has 0 saturated carbocycles. The first-order valence-electron chi connectivity index (χ1n) is 4.95. The molecule has 0 unspecified atom stereocenters. The fraction of sp³-hybridized carbons (Fsp3) is 0.714. The van der Waals surface area contributed by atoms with E-state index in [-0.39, 0.29) is 0 Å². The van der Waals surface area contributed by atoms with Crippen LogP contribution in [0.2, 0.25) is 0 Å². The third-order valence-corrected chi connectivity index (χ3v) is 4.03. The third kappa shape index (κ3) is 4.31. The maximum Gasteiger partial charge on any atom is 0.523 e. The molecule has 0 aromatic carbocycles. The van der Waals surface area contributed by atoms with Crippen LogP contribution in [0.15, 0.2) is 12.2 Å². The van der Waals surface area contributed by atoms with Gasteiger partial charge in [-0.2, -0.15) is 43.2 Å². The van der Waals surface area contributed by atoms with Gasteiger partial charge < -0.3 is 4.74 Å². The predicted octanol–water partition coefficient (Wildman–Crippen LogP) is 1.000. The molecule has 22 heavy (non-hydrogen) atoms. The first kappa shape index (κ1) is 19.1. The van der Waals surface area contributed by atoms with E-state index in [1.54, 1.807) is 0 Å². The molecular formula is C7H6F6O7S2. The first-order chi connectivity index (χ1) is 9.67. The zero-order valence-corrected chi connectivity index (χ0v) is 11.6. The Hall–Kier alpha value is -0.900. The molecule has 0 aliphatic carbocycles. The average molecular weight is 380 g/mol. The van der Waals surface area contributed by atoms with E-state index < -0.39 is 50.3 Å². The Kier molecular flexibility index (Phi) is 5.18. The van der Waals surface area contributed by atoms with E-state index in [4.69, 9.17) is 0 Å². The highest BCUT2D eigenvalue weighted by Crippen LogP contribution is 2.31. The van der Waals surface area contributed by atoms with Gasteiger partial charge in [-0.15, -0.1) is 0 Å². The molecule has 0 radical (unpaired) electrons. The van der Waals surface area contributed by atoms with E-state index >= 15 is 0 Å². The Labute approximate surface area is 119 Å². The van der Waals surface area contributed by atoms with Gasteiger partial charge in [0, 0.05) is 0 Å². The van der Waals surface area contributed by atoms with Crippen molar-refractivity contribution < 1.29 is 56.3 Å². The molecule has 0 saturated heterocycles. The molecule has 0 aromatic heterocycles. The van der Waals surface area contributed by atoms with Crippen LogP contribution in [0.4, 0.5) is 26.3 Å². The number of hydrogen-bond donors (Lipinski definition) is 0. The van der Waals surface area contributed by atoms with E-state index in [9.17, 15) is 43.2 Å². The minimum atomic E-state index is -6.24. The lowest BCUT2D eigenvalue weighted by atomic mass is 10.3. The number of rotatable bonds is 4. The van der Waals surface area contributed by atoms with Gasteiger partial charge in [0.25, 0.3) is 0 Å². The summed E-state index contributed by atoms with van der Waals surface area (Å²) in [5.41, 5.74) is -11.8. The number of halogens is 6. The first-order valence-corrected chi connectivity index (χ1v) is 7.76. The lowest BCUT2D eigenvalue weighted by Gasteiger charge is -2.27. The van der Waals surface area contributed by atoms with Crippen molar-refractivity contribution in [3.05, 3.63) is 12.2 Å². The van der Waals surface area contributed by atoms with Gasteiger partial charge in [0.05, 0.1) is 6.61 Å². The van der Waals surface area contributed by atoms with E-state index in [1.807, 2.05) is 0 Å². The highest BCUT2D eigenvalue weighted by Gasteiger charge is 2.53. The summed E-state index contributed by atoms with van der Waals surface area (Å²) in [7, 11) is -12.4. The van der Waals surface area contributed by atoms with Crippen molar-refractivity contribution in [1.29, 1.82) is 0 Å². The SMILES string of the molecule is O=S(=O)(O[C@@H]1OCC=C[C@@H]1OS(=O)(=O)C(F)(F)F)C(F)(F)F. The second-order valence-electron chi connectivity index (χ2n) is 3.59. The minimum absolute atomic E-state index is 0.538. The average Bonchev–Trinajstić information content (AvgIpc) is 2.28. The molecular weight excluding hydrogens is 374 g/mol. The molecule has 0 fully saturated rings. The Balaban J connectivity index is 3.00. The van der Waals surface area contributed by atoms with E-state index in [2.05, 4.69) is 13.1 Å². The van der Waals surface area contributed by atoms with Gasteiger partial charge in [0.15, 0.2) is 0 Å². The zero-order chi connectivity index (χ0) is 17.4. The molecule has 2 atom stereocenters. The van der Waals surface area contributed by atoms with Crippen molar-refractivity contribution in [3.63, 3.8) is 0 Å². The summed E-state index contributed by atoms with van der Waals surface area (Å²) in [6.07, 6.45) is -3.48. The van der Waals surface area contributed by atoms with Crippen LogP contribution in [0.25, 0.3) is 0 Å². The number of hydrogen-bond acceptors (Lipinski definition) is 7. The molecule has 1 heterocycles. The second-order valence-corrected chi connectivity index (χ2v) is 6.71. The van der Waals surface area contributed by atoms with E-state index in [1.165, 1.54) is 0 Å². The highest BCUT2D eigenvalue weighted by atomic mass is 32.2. The monoisotopic (exact) mass is 380 g/mol. The molecule has 0 amide bonds. The highest BCUT2D eigenvalue weighted by molar-refractivity contribution is 7.88. The fourth-order valence-electron chi connectivity index (χ4n) is 1.07. The van der Waals surface area contributed by atoms with Crippen LogP contribution in [0, 0.1) is 0 Å². The van der Waals surface area contributed by atoms with Crippen molar-refractivity contribution in [1.82, 2.24) is 0 Å². The summed E-state index contributed by atoms with van der Waals surface area (Å²) >= 11 is 0. The third-order valence-electron chi connectivity index (χ3n) is 1.98. The van der Waals surface area contributed by atoms with Crippen LogP contribution in [-0.2, 0) is 33.3 Å². The molecule has 0 spiro atoms. The van der Waals surface area contributed by atoms with Crippen molar-refractivity contribution in [2.24, 2.45) is 0 Å². The lowest BCUT2D eigenvalue weighted by Crippen LogP contribution is -2.43. The summed E-state index contributed by atoms with van der Waals surface area (Å²) in [5, 5.41) is 0. The van der Waals surface area contributed by atoms with Gasteiger partial charge in [-0.1, -0.05) is 12.2 Å². The lowest BCUT2D eigenvalue weighted by molar-refractivity contribution is -0.138. The van der Waals surface area contributed by atoms with E-state index in [0.717, 1.165) is 6.08 Å². The summed E-state index contributed by atoms with van der Waals surface area (Å²) < 4.78 is 127. The van der Waals surface area contributed by atoms with Crippen LogP contribution in [0.3, 0.4) is 0 Å². The molecule has 130 valence electrons. The summed E-state index contributed by atoms with van der Waals surface area (Å²) in [6.45, 7) is -0.538. The van der Waals surface area contributed by atoms with Gasteiger partial charge >= 0.3 is 31.3 Å². The predicted molar refractivity (Wildman–Crippen MR) is 54.8 cm³/mol. The normalized spacial score (nSPS) is 24.5. The standard InChI is InChI=1S/C7H6F6O7S2/c8-6(9,10)21(14,15)19-4-2-1-3-18-5(4)20-22(16,17)7(11,12)13/h1-2,4-5H,3H2/t4-,5-/m0/s1. The zero-order valence-electron chi connectivity index (χ0n) is 9.96. The van der Waals surface area contributed by atoms with Crippen LogP contribution in [0.1, 0.15) is 0 Å². The topological polar surface area (TPSA) is 96.0 Å². The molecule has 0 bridgehead atoms. The summed E-state index contributed by atoms with van der Waals surface area (Å²) in [5.74, 6) is 0. The van der Waals surface area contributed by atoms with Crippen LogP contribution in [-0.4, -0.2) is 46.9 Å². The smallest absolute Gasteiger partial charge is 0.344 e. The summed E-state index contributed by atoms with van der Waals surface area (Å²) in [4.78, 5) is 0. The van der Waals surface area contributed by atoms with Crippen molar-refractivity contribution in [3.8, 4) is 0 Å². The number of alkyl halides is 6. The van der Waals surface area contributed by atoms with Crippen molar-refractivity contribution in [2.75, 3.05) is 6.61 Å².